The molecule has 0 radical (unpaired) electrons. The van der Waals surface area contributed by atoms with Crippen molar-refractivity contribution in [2.24, 2.45) is 5.73 Å². The highest BCUT2D eigenvalue weighted by Crippen LogP contribution is 2.19. The Hall–Kier alpha value is -0.650. The number of nitrogens with zero attached hydrogens (tertiary/aromatic N) is 1. The summed E-state index contributed by atoms with van der Waals surface area (Å²) in [6, 6.07) is 0.467. The van der Waals surface area contributed by atoms with Crippen LogP contribution in [0.25, 0.3) is 0 Å². The van der Waals surface area contributed by atoms with Crippen LogP contribution in [0.2, 0.25) is 0 Å². The third kappa shape index (κ3) is 4.92. The van der Waals surface area contributed by atoms with Gasteiger partial charge in [-0.1, -0.05) is 0 Å². The van der Waals surface area contributed by atoms with Crippen LogP contribution >= 0.6 is 0 Å². The Kier molecular flexibility index (Phi) is 5.41. The summed E-state index contributed by atoms with van der Waals surface area (Å²) in [6.07, 6.45) is 5.66. The molecule has 1 heterocycles. The average Bonchev–Trinajstić information content (AvgIpc) is 3.15. The topological polar surface area (TPSA) is 67.6 Å². The molecule has 2 fully saturated rings. The van der Waals surface area contributed by atoms with Gasteiger partial charge in [0.25, 0.3) is 0 Å². The van der Waals surface area contributed by atoms with E-state index in [0.717, 1.165) is 51.8 Å². The van der Waals surface area contributed by atoms with E-state index in [0.29, 0.717) is 25.2 Å². The molecule has 0 atom stereocenters. The van der Waals surface area contributed by atoms with Gasteiger partial charge in [0.15, 0.2) is 0 Å². The summed E-state index contributed by atoms with van der Waals surface area (Å²) in [7, 11) is 0. The summed E-state index contributed by atoms with van der Waals surface area (Å²) in [6.45, 7) is 3.94. The van der Waals surface area contributed by atoms with Crippen LogP contribution in [-0.4, -0.2) is 55.7 Å². The normalized spacial score (nSPS) is 22.1. The summed E-state index contributed by atoms with van der Waals surface area (Å²) in [4.78, 5) is 13.9. The Morgan fingerprint density at radius 2 is 2.00 bits per heavy atom. The molecule has 0 aromatic heterocycles. The molecule has 0 aromatic carbocycles. The van der Waals surface area contributed by atoms with Crippen LogP contribution in [0.5, 0.6) is 0 Å². The van der Waals surface area contributed by atoms with E-state index in [1.807, 2.05) is 0 Å². The van der Waals surface area contributed by atoms with Crippen LogP contribution in [0.4, 0.5) is 0 Å². The van der Waals surface area contributed by atoms with Crippen LogP contribution in [0, 0.1) is 0 Å². The van der Waals surface area contributed by atoms with Crippen LogP contribution in [-0.2, 0) is 9.53 Å². The highest BCUT2D eigenvalue weighted by Gasteiger charge is 2.25. The van der Waals surface area contributed by atoms with Crippen LogP contribution in [0.15, 0.2) is 0 Å². The van der Waals surface area contributed by atoms with Crippen molar-refractivity contribution >= 4 is 5.91 Å². The smallest absolute Gasteiger partial charge is 0.234 e. The Morgan fingerprint density at radius 3 is 2.61 bits per heavy atom. The van der Waals surface area contributed by atoms with Gasteiger partial charge >= 0.3 is 0 Å². The number of hydrogen-bond donors (Lipinski definition) is 2. The van der Waals surface area contributed by atoms with Gasteiger partial charge in [0, 0.05) is 25.7 Å². The molecule has 0 aromatic rings. The second-order valence-corrected chi connectivity index (χ2v) is 5.33. The standard InChI is InChI=1S/C13H25N3O2/c14-6-1-9-18-12-4-7-16(8-5-12)10-13(17)15-11-2-3-11/h11-12H,1-10,14H2,(H,15,17). The first-order chi connectivity index (χ1) is 8.78. The molecule has 5 heteroatoms. The Morgan fingerprint density at radius 1 is 1.28 bits per heavy atom. The zero-order valence-electron chi connectivity index (χ0n) is 11.1. The van der Waals surface area contributed by atoms with Gasteiger partial charge in [-0.25, -0.2) is 0 Å². The van der Waals surface area contributed by atoms with E-state index in [-0.39, 0.29) is 5.91 Å². The summed E-state index contributed by atoms with van der Waals surface area (Å²) < 4.78 is 5.74. The molecule has 0 unspecified atom stereocenters. The highest BCUT2D eigenvalue weighted by atomic mass is 16.5. The molecular weight excluding hydrogens is 230 g/mol. The second-order valence-electron chi connectivity index (χ2n) is 5.33. The molecule has 1 saturated heterocycles. The van der Waals surface area contributed by atoms with Crippen molar-refractivity contribution in [3.8, 4) is 0 Å². The minimum Gasteiger partial charge on any atom is -0.378 e. The molecule has 1 aliphatic carbocycles. The fourth-order valence-corrected chi connectivity index (χ4v) is 2.27. The van der Waals surface area contributed by atoms with Crippen molar-refractivity contribution in [1.82, 2.24) is 10.2 Å². The Balaban J connectivity index is 1.56. The molecule has 0 bridgehead atoms. The van der Waals surface area contributed by atoms with Crippen molar-refractivity contribution in [3.05, 3.63) is 0 Å². The number of amides is 1. The monoisotopic (exact) mass is 255 g/mol. The number of carbonyl (C=O) groups is 1. The van der Waals surface area contributed by atoms with E-state index < -0.39 is 0 Å². The van der Waals surface area contributed by atoms with E-state index in [1.165, 1.54) is 0 Å². The predicted octanol–water partition coefficient (Wildman–Crippen LogP) is 0.0948. The van der Waals surface area contributed by atoms with Crippen LogP contribution < -0.4 is 11.1 Å². The molecular formula is C13H25N3O2. The summed E-state index contributed by atoms with van der Waals surface area (Å²) in [5, 5.41) is 3.03. The molecule has 2 aliphatic rings. The van der Waals surface area contributed by atoms with E-state index in [2.05, 4.69) is 10.2 Å². The summed E-state index contributed by atoms with van der Waals surface area (Å²) in [5.41, 5.74) is 5.43. The summed E-state index contributed by atoms with van der Waals surface area (Å²) in [5.74, 6) is 0.181. The largest absolute Gasteiger partial charge is 0.378 e. The van der Waals surface area contributed by atoms with Gasteiger partial charge in [0.2, 0.25) is 5.91 Å². The van der Waals surface area contributed by atoms with Gasteiger partial charge in [-0.15, -0.1) is 0 Å². The molecule has 5 nitrogen and oxygen atoms in total. The van der Waals surface area contributed by atoms with Crippen molar-refractivity contribution < 1.29 is 9.53 Å². The molecule has 2 rings (SSSR count). The van der Waals surface area contributed by atoms with Crippen molar-refractivity contribution in [3.63, 3.8) is 0 Å². The molecule has 104 valence electrons. The van der Waals surface area contributed by atoms with Gasteiger partial charge in [-0.3, -0.25) is 9.69 Å². The number of likely N-dealkylation sites (tertiary alicyclic amines) is 1. The fourth-order valence-electron chi connectivity index (χ4n) is 2.27. The first-order valence-electron chi connectivity index (χ1n) is 7.11. The van der Waals surface area contributed by atoms with Gasteiger partial charge in [0.05, 0.1) is 12.6 Å². The van der Waals surface area contributed by atoms with Gasteiger partial charge < -0.3 is 15.8 Å². The summed E-state index contributed by atoms with van der Waals surface area (Å²) >= 11 is 0. The van der Waals surface area contributed by atoms with E-state index >= 15 is 0 Å². The zero-order valence-corrected chi connectivity index (χ0v) is 11.1. The number of carbonyl (C=O) groups excluding carboxylic acids is 1. The molecule has 1 saturated carbocycles. The first kappa shape index (κ1) is 13.8. The SMILES string of the molecule is NCCCOC1CCN(CC(=O)NC2CC2)CC1. The highest BCUT2D eigenvalue weighted by molar-refractivity contribution is 5.78. The lowest BCUT2D eigenvalue weighted by Gasteiger charge is -2.31. The minimum absolute atomic E-state index is 0.181. The van der Waals surface area contributed by atoms with Gasteiger partial charge in [-0.2, -0.15) is 0 Å². The average molecular weight is 255 g/mol. The second kappa shape index (κ2) is 7.07. The third-order valence-electron chi connectivity index (χ3n) is 3.55. The lowest BCUT2D eigenvalue weighted by Crippen LogP contribution is -2.43. The quantitative estimate of drug-likeness (QED) is 0.633. The van der Waals surface area contributed by atoms with E-state index in [4.69, 9.17) is 10.5 Å². The predicted molar refractivity (Wildman–Crippen MR) is 70.3 cm³/mol. The molecule has 3 N–H and O–H groups in total. The lowest BCUT2D eigenvalue weighted by atomic mass is 10.1. The number of nitrogens with one attached hydrogen (secondary N) is 1. The Labute approximate surface area is 109 Å². The van der Waals surface area contributed by atoms with Crippen molar-refractivity contribution in [2.45, 2.75) is 44.2 Å². The Bertz CT molecular complexity index is 261. The number of hydrogen-bond acceptors (Lipinski definition) is 4. The maximum atomic E-state index is 11.7. The lowest BCUT2D eigenvalue weighted by molar-refractivity contribution is -0.123. The minimum atomic E-state index is 0.181. The number of ether oxygens (including phenoxy) is 1. The van der Waals surface area contributed by atoms with Crippen molar-refractivity contribution in [2.75, 3.05) is 32.8 Å². The maximum Gasteiger partial charge on any atom is 0.234 e. The fraction of sp³-hybridized carbons (Fsp3) is 0.923. The molecule has 0 spiro atoms. The molecule has 1 aliphatic heterocycles. The van der Waals surface area contributed by atoms with Crippen LogP contribution in [0.3, 0.4) is 0 Å². The number of rotatable bonds is 7. The van der Waals surface area contributed by atoms with E-state index in [9.17, 15) is 4.79 Å². The molecule has 1 amide bonds. The van der Waals surface area contributed by atoms with Crippen molar-refractivity contribution in [1.29, 1.82) is 0 Å². The molecule has 18 heavy (non-hydrogen) atoms. The van der Waals surface area contributed by atoms with Gasteiger partial charge in [-0.05, 0) is 38.6 Å². The van der Waals surface area contributed by atoms with Gasteiger partial charge in [0.1, 0.15) is 0 Å². The first-order valence-corrected chi connectivity index (χ1v) is 7.11. The zero-order chi connectivity index (χ0) is 12.8. The van der Waals surface area contributed by atoms with E-state index in [1.54, 1.807) is 0 Å². The number of nitrogens with two attached hydrogens (primary N) is 1. The number of piperidine rings is 1. The maximum absolute atomic E-state index is 11.7. The van der Waals surface area contributed by atoms with Crippen LogP contribution in [0.1, 0.15) is 32.1 Å². The third-order valence-corrected chi connectivity index (χ3v) is 3.55.